The van der Waals surface area contributed by atoms with Gasteiger partial charge in [-0.25, -0.2) is 0 Å². The molecule has 2 aliphatic carbocycles. The summed E-state index contributed by atoms with van der Waals surface area (Å²) in [6, 6.07) is 0. The topological polar surface area (TPSA) is 46.2 Å². The van der Waals surface area contributed by atoms with Crippen molar-refractivity contribution >= 4 is 0 Å². The summed E-state index contributed by atoms with van der Waals surface area (Å²) < 4.78 is 0. The van der Waals surface area contributed by atoms with Gasteiger partial charge in [-0.3, -0.25) is 0 Å². The Bertz CT molecular complexity index is 167. The number of hydrogen-bond acceptors (Lipinski definition) is 2. The molecule has 2 saturated carbocycles. The van der Waals surface area contributed by atoms with E-state index in [-0.39, 0.29) is 0 Å². The van der Waals surface area contributed by atoms with Crippen LogP contribution >= 0.6 is 0 Å². The van der Waals surface area contributed by atoms with E-state index in [1.54, 1.807) is 0 Å². The Kier molecular flexibility index (Phi) is 2.61. The van der Waals surface area contributed by atoms with Crippen LogP contribution in [0.3, 0.4) is 0 Å². The molecule has 0 spiro atoms. The van der Waals surface area contributed by atoms with Gasteiger partial charge in [-0.2, -0.15) is 0 Å². The molecule has 2 rings (SSSR count). The number of nitrogens with two attached hydrogens (primary N) is 1. The van der Waals surface area contributed by atoms with Crippen molar-refractivity contribution in [1.82, 2.24) is 0 Å². The Morgan fingerprint density at radius 1 is 1.15 bits per heavy atom. The molecule has 76 valence electrons. The molecule has 13 heavy (non-hydrogen) atoms. The third-order valence-corrected chi connectivity index (χ3v) is 3.96. The first-order valence-corrected chi connectivity index (χ1v) is 5.66. The lowest BCUT2D eigenvalue weighted by Gasteiger charge is -2.23. The first-order valence-electron chi connectivity index (χ1n) is 5.66. The van der Waals surface area contributed by atoms with Gasteiger partial charge in [0.25, 0.3) is 0 Å². The summed E-state index contributed by atoms with van der Waals surface area (Å²) >= 11 is 0. The van der Waals surface area contributed by atoms with E-state index < -0.39 is 5.60 Å². The van der Waals surface area contributed by atoms with Gasteiger partial charge in [0.2, 0.25) is 0 Å². The average Bonchev–Trinajstić information content (AvgIpc) is 2.40. The van der Waals surface area contributed by atoms with Crippen LogP contribution in [0.1, 0.15) is 44.9 Å². The molecule has 2 nitrogen and oxygen atoms in total. The molecule has 2 aliphatic rings. The molecule has 0 aromatic carbocycles. The van der Waals surface area contributed by atoms with Gasteiger partial charge in [-0.15, -0.1) is 0 Å². The van der Waals surface area contributed by atoms with Gasteiger partial charge in [0.05, 0.1) is 5.60 Å². The van der Waals surface area contributed by atoms with E-state index in [9.17, 15) is 5.11 Å². The van der Waals surface area contributed by atoms with Gasteiger partial charge >= 0.3 is 0 Å². The normalized spacial score (nSPS) is 44.8. The monoisotopic (exact) mass is 183 g/mol. The summed E-state index contributed by atoms with van der Waals surface area (Å²) in [6.07, 6.45) is 8.29. The maximum Gasteiger partial charge on any atom is 0.0665 e. The number of rotatable bonds is 2. The van der Waals surface area contributed by atoms with E-state index in [0.29, 0.717) is 6.54 Å². The lowest BCUT2D eigenvalue weighted by Crippen LogP contribution is -2.28. The van der Waals surface area contributed by atoms with Crippen molar-refractivity contribution in [2.45, 2.75) is 50.5 Å². The van der Waals surface area contributed by atoms with Crippen LogP contribution in [0.25, 0.3) is 0 Å². The highest BCUT2D eigenvalue weighted by Gasteiger charge is 2.43. The van der Waals surface area contributed by atoms with E-state index in [0.717, 1.165) is 31.1 Å². The molecule has 0 bridgehead atoms. The van der Waals surface area contributed by atoms with Gasteiger partial charge in [0.1, 0.15) is 0 Å². The summed E-state index contributed by atoms with van der Waals surface area (Å²) in [5.74, 6) is 1.62. The van der Waals surface area contributed by atoms with Crippen LogP contribution in [-0.2, 0) is 0 Å². The van der Waals surface area contributed by atoms with Crippen molar-refractivity contribution in [2.24, 2.45) is 17.6 Å². The highest BCUT2D eigenvalue weighted by molar-refractivity contribution is 4.95. The second-order valence-corrected chi connectivity index (χ2v) is 4.98. The Morgan fingerprint density at radius 2 is 1.69 bits per heavy atom. The minimum atomic E-state index is -0.394. The zero-order valence-corrected chi connectivity index (χ0v) is 8.34. The number of fused-ring (bicyclic) bond motifs is 1. The molecule has 0 radical (unpaired) electrons. The molecule has 0 aromatic heterocycles. The Hall–Kier alpha value is -0.0800. The molecule has 2 heteroatoms. The Morgan fingerprint density at radius 3 is 2.15 bits per heavy atom. The predicted molar refractivity (Wildman–Crippen MR) is 53.3 cm³/mol. The van der Waals surface area contributed by atoms with E-state index in [4.69, 9.17) is 5.73 Å². The first kappa shape index (κ1) is 9.47. The summed E-state index contributed by atoms with van der Waals surface area (Å²) in [4.78, 5) is 0. The van der Waals surface area contributed by atoms with Crippen LogP contribution in [0.2, 0.25) is 0 Å². The fourth-order valence-corrected chi connectivity index (χ4v) is 3.35. The van der Waals surface area contributed by atoms with Crippen molar-refractivity contribution in [3.8, 4) is 0 Å². The molecule has 2 unspecified atom stereocenters. The van der Waals surface area contributed by atoms with Crippen molar-refractivity contribution in [3.05, 3.63) is 0 Å². The van der Waals surface area contributed by atoms with Crippen molar-refractivity contribution in [1.29, 1.82) is 0 Å². The third kappa shape index (κ3) is 1.89. The Balaban J connectivity index is 1.97. The van der Waals surface area contributed by atoms with E-state index >= 15 is 0 Å². The molecule has 0 aromatic rings. The summed E-state index contributed by atoms with van der Waals surface area (Å²) in [6.45, 7) is 0.635. The fraction of sp³-hybridized carbons (Fsp3) is 1.00. The summed E-state index contributed by atoms with van der Waals surface area (Å²) in [5.41, 5.74) is 5.13. The van der Waals surface area contributed by atoms with Crippen molar-refractivity contribution < 1.29 is 5.11 Å². The molecule has 0 amide bonds. The third-order valence-electron chi connectivity index (χ3n) is 3.96. The predicted octanol–water partition coefficient (Wildman–Crippen LogP) is 1.67. The van der Waals surface area contributed by atoms with Crippen LogP contribution in [0.15, 0.2) is 0 Å². The standard InChI is InChI=1S/C11H21NO/c12-6-5-11(13)7-9-3-1-2-4-10(9)8-11/h9-10,13H,1-8,12H2. The van der Waals surface area contributed by atoms with Crippen LogP contribution in [0, 0.1) is 11.8 Å². The SMILES string of the molecule is NCCC1(O)CC2CCCCC2C1. The van der Waals surface area contributed by atoms with Crippen molar-refractivity contribution in [3.63, 3.8) is 0 Å². The quantitative estimate of drug-likeness (QED) is 0.684. The molecule has 2 atom stereocenters. The number of aliphatic hydroxyl groups is 1. The Labute approximate surface area is 80.5 Å². The van der Waals surface area contributed by atoms with Gasteiger partial charge in [-0.05, 0) is 37.6 Å². The second-order valence-electron chi connectivity index (χ2n) is 4.98. The van der Waals surface area contributed by atoms with E-state index in [2.05, 4.69) is 0 Å². The van der Waals surface area contributed by atoms with E-state index in [1.807, 2.05) is 0 Å². The molecule has 3 N–H and O–H groups in total. The maximum atomic E-state index is 10.2. The molecular formula is C11H21NO. The van der Waals surface area contributed by atoms with Crippen molar-refractivity contribution in [2.75, 3.05) is 6.54 Å². The minimum absolute atomic E-state index is 0.394. The highest BCUT2D eigenvalue weighted by Crippen LogP contribution is 2.48. The van der Waals surface area contributed by atoms with Gasteiger partial charge in [0.15, 0.2) is 0 Å². The van der Waals surface area contributed by atoms with Crippen LogP contribution < -0.4 is 5.73 Å². The lowest BCUT2D eigenvalue weighted by molar-refractivity contribution is 0.0348. The van der Waals surface area contributed by atoms with Gasteiger partial charge in [0, 0.05) is 0 Å². The van der Waals surface area contributed by atoms with Gasteiger partial charge < -0.3 is 10.8 Å². The smallest absolute Gasteiger partial charge is 0.0665 e. The summed E-state index contributed by atoms with van der Waals surface area (Å²) in [5, 5.41) is 10.2. The zero-order valence-electron chi connectivity index (χ0n) is 8.34. The highest BCUT2D eigenvalue weighted by atomic mass is 16.3. The van der Waals surface area contributed by atoms with E-state index in [1.165, 1.54) is 25.7 Å². The van der Waals surface area contributed by atoms with Gasteiger partial charge in [-0.1, -0.05) is 25.7 Å². The average molecular weight is 183 g/mol. The maximum absolute atomic E-state index is 10.2. The summed E-state index contributed by atoms with van der Waals surface area (Å²) in [7, 11) is 0. The zero-order chi connectivity index (χ0) is 9.31. The molecule has 2 fully saturated rings. The first-order chi connectivity index (χ1) is 6.23. The second kappa shape index (κ2) is 3.58. The van der Waals surface area contributed by atoms with Crippen LogP contribution in [-0.4, -0.2) is 17.3 Å². The molecule has 0 heterocycles. The largest absolute Gasteiger partial charge is 0.390 e. The molecular weight excluding hydrogens is 162 g/mol. The fourth-order valence-electron chi connectivity index (χ4n) is 3.35. The lowest BCUT2D eigenvalue weighted by atomic mass is 9.82. The molecule has 0 aliphatic heterocycles. The minimum Gasteiger partial charge on any atom is -0.390 e. The number of hydrogen-bond donors (Lipinski definition) is 2. The van der Waals surface area contributed by atoms with Crippen LogP contribution in [0.4, 0.5) is 0 Å². The van der Waals surface area contributed by atoms with Crippen LogP contribution in [0.5, 0.6) is 0 Å². The molecule has 0 saturated heterocycles.